The number of benzene rings is 1. The van der Waals surface area contributed by atoms with Crippen LogP contribution in [0.3, 0.4) is 0 Å². The summed E-state index contributed by atoms with van der Waals surface area (Å²) in [7, 11) is 0. The number of anilines is 2. The lowest BCUT2D eigenvalue weighted by Crippen LogP contribution is -2.47. The van der Waals surface area contributed by atoms with Gasteiger partial charge in [-0.25, -0.2) is 4.79 Å². The summed E-state index contributed by atoms with van der Waals surface area (Å²) in [4.78, 5) is 19.9. The zero-order valence-corrected chi connectivity index (χ0v) is 16.2. The van der Waals surface area contributed by atoms with Gasteiger partial charge in [-0.15, -0.1) is 0 Å². The van der Waals surface area contributed by atoms with E-state index in [1.54, 1.807) is 0 Å². The Morgan fingerprint density at radius 2 is 1.78 bits per heavy atom. The van der Waals surface area contributed by atoms with Crippen LogP contribution < -0.4 is 10.2 Å². The molecule has 1 N–H and O–H groups in total. The van der Waals surface area contributed by atoms with Crippen LogP contribution in [-0.2, 0) is 4.74 Å². The highest BCUT2D eigenvalue weighted by molar-refractivity contribution is 5.93. The highest BCUT2D eigenvalue weighted by Gasteiger charge is 2.31. The van der Waals surface area contributed by atoms with E-state index >= 15 is 0 Å². The number of carbonyl (C=O) groups excluding carboxylic acids is 1. The molecule has 6 nitrogen and oxygen atoms in total. The molecule has 2 amide bonds. The minimum absolute atomic E-state index is 0.0511. The van der Waals surface area contributed by atoms with Crippen molar-refractivity contribution >= 4 is 17.4 Å². The lowest BCUT2D eigenvalue weighted by Gasteiger charge is -2.34. The number of nitrogens with one attached hydrogen (secondary N) is 1. The topological polar surface area (TPSA) is 48.1 Å². The third-order valence-corrected chi connectivity index (χ3v) is 6.05. The number of piperidine rings is 1. The minimum Gasteiger partial charge on any atom is -0.379 e. The number of urea groups is 1. The maximum atomic E-state index is 13.1. The van der Waals surface area contributed by atoms with E-state index in [1.165, 1.54) is 19.3 Å². The van der Waals surface area contributed by atoms with Crippen molar-refractivity contribution in [2.75, 3.05) is 62.7 Å². The van der Waals surface area contributed by atoms with Gasteiger partial charge in [-0.2, -0.15) is 0 Å². The van der Waals surface area contributed by atoms with Crippen molar-refractivity contribution in [2.45, 2.75) is 38.1 Å². The Balaban J connectivity index is 1.40. The predicted octanol–water partition coefficient (Wildman–Crippen LogP) is 3.01. The van der Waals surface area contributed by atoms with Gasteiger partial charge in [0.25, 0.3) is 0 Å². The number of amides is 2. The summed E-state index contributed by atoms with van der Waals surface area (Å²) >= 11 is 0. The maximum Gasteiger partial charge on any atom is 0.322 e. The molecule has 1 atom stereocenters. The van der Waals surface area contributed by atoms with Gasteiger partial charge in [-0.1, -0.05) is 12.1 Å². The fourth-order valence-corrected chi connectivity index (χ4v) is 4.55. The molecule has 1 aromatic carbocycles. The highest BCUT2D eigenvalue weighted by atomic mass is 16.5. The molecule has 0 aliphatic carbocycles. The van der Waals surface area contributed by atoms with Gasteiger partial charge in [0.2, 0.25) is 0 Å². The predicted molar refractivity (Wildman–Crippen MR) is 109 cm³/mol. The van der Waals surface area contributed by atoms with Crippen molar-refractivity contribution in [1.82, 2.24) is 9.80 Å². The Morgan fingerprint density at radius 1 is 1.00 bits per heavy atom. The van der Waals surface area contributed by atoms with Crippen LogP contribution in [-0.4, -0.2) is 74.4 Å². The fraction of sp³-hybridized carbons (Fsp3) is 0.667. The van der Waals surface area contributed by atoms with Crippen LogP contribution in [0.25, 0.3) is 0 Å². The molecule has 148 valence electrons. The molecule has 1 unspecified atom stereocenters. The van der Waals surface area contributed by atoms with E-state index in [9.17, 15) is 4.79 Å². The molecule has 0 aromatic heterocycles. The van der Waals surface area contributed by atoms with E-state index in [-0.39, 0.29) is 6.03 Å². The van der Waals surface area contributed by atoms with E-state index in [1.807, 2.05) is 17.0 Å². The standard InChI is InChI=1S/C21H32N4O2/c26-21(25-12-6-7-18(25)17-23-13-15-27-16-14-23)22-19-8-2-3-9-20(19)24-10-4-1-5-11-24/h2-3,8-9,18H,1,4-7,10-17H2,(H,22,26). The first kappa shape index (κ1) is 18.6. The molecule has 3 fully saturated rings. The van der Waals surface area contributed by atoms with Crippen LogP contribution in [0.2, 0.25) is 0 Å². The molecule has 4 rings (SSSR count). The van der Waals surface area contributed by atoms with Crippen molar-refractivity contribution in [3.63, 3.8) is 0 Å². The molecule has 3 heterocycles. The first-order valence-electron chi connectivity index (χ1n) is 10.5. The van der Waals surface area contributed by atoms with Gasteiger partial charge in [0, 0.05) is 45.3 Å². The molecule has 6 heteroatoms. The van der Waals surface area contributed by atoms with Gasteiger partial charge in [0.05, 0.1) is 24.6 Å². The minimum atomic E-state index is 0.0511. The van der Waals surface area contributed by atoms with E-state index in [0.29, 0.717) is 6.04 Å². The van der Waals surface area contributed by atoms with Crippen LogP contribution in [0.5, 0.6) is 0 Å². The van der Waals surface area contributed by atoms with Crippen LogP contribution >= 0.6 is 0 Å². The second kappa shape index (κ2) is 8.93. The van der Waals surface area contributed by atoms with Crippen LogP contribution in [0.15, 0.2) is 24.3 Å². The molecule has 0 saturated carbocycles. The largest absolute Gasteiger partial charge is 0.379 e. The lowest BCUT2D eigenvalue weighted by atomic mass is 10.1. The quantitative estimate of drug-likeness (QED) is 0.883. The monoisotopic (exact) mass is 372 g/mol. The lowest BCUT2D eigenvalue weighted by molar-refractivity contribution is 0.0296. The first-order chi connectivity index (χ1) is 13.3. The zero-order chi connectivity index (χ0) is 18.5. The fourth-order valence-electron chi connectivity index (χ4n) is 4.55. The summed E-state index contributed by atoms with van der Waals surface area (Å²) in [5, 5.41) is 3.22. The smallest absolute Gasteiger partial charge is 0.322 e. The van der Waals surface area contributed by atoms with E-state index in [4.69, 9.17) is 4.74 Å². The van der Waals surface area contributed by atoms with Crippen LogP contribution in [0.4, 0.5) is 16.2 Å². The molecule has 3 aliphatic heterocycles. The van der Waals surface area contributed by atoms with Gasteiger partial charge in [0.15, 0.2) is 0 Å². The average Bonchev–Trinajstić information content (AvgIpc) is 3.18. The van der Waals surface area contributed by atoms with E-state index in [2.05, 4.69) is 27.2 Å². The number of ether oxygens (including phenoxy) is 1. The number of hydrogen-bond acceptors (Lipinski definition) is 4. The average molecular weight is 373 g/mol. The van der Waals surface area contributed by atoms with Crippen molar-refractivity contribution in [3.05, 3.63) is 24.3 Å². The molecule has 3 aliphatic rings. The van der Waals surface area contributed by atoms with Crippen LogP contribution in [0, 0.1) is 0 Å². The summed E-state index contributed by atoms with van der Waals surface area (Å²) in [5.74, 6) is 0. The molecule has 0 radical (unpaired) electrons. The van der Waals surface area contributed by atoms with Gasteiger partial charge in [-0.05, 0) is 44.2 Å². The van der Waals surface area contributed by atoms with Gasteiger partial charge < -0.3 is 19.9 Å². The van der Waals surface area contributed by atoms with Crippen LogP contribution in [0.1, 0.15) is 32.1 Å². The Labute approximate surface area is 162 Å². The number of likely N-dealkylation sites (tertiary alicyclic amines) is 1. The number of rotatable bonds is 4. The third-order valence-electron chi connectivity index (χ3n) is 6.05. The Bertz CT molecular complexity index is 626. The van der Waals surface area contributed by atoms with E-state index < -0.39 is 0 Å². The molecule has 0 bridgehead atoms. The Kier molecular flexibility index (Phi) is 6.14. The summed E-state index contributed by atoms with van der Waals surface area (Å²) in [6.45, 7) is 7.54. The van der Waals surface area contributed by atoms with Crippen molar-refractivity contribution in [3.8, 4) is 0 Å². The number of morpholine rings is 1. The zero-order valence-electron chi connectivity index (χ0n) is 16.2. The maximum absolute atomic E-state index is 13.1. The Morgan fingerprint density at radius 3 is 2.59 bits per heavy atom. The molecule has 27 heavy (non-hydrogen) atoms. The number of carbonyl (C=O) groups is 1. The van der Waals surface area contributed by atoms with Gasteiger partial charge >= 0.3 is 6.03 Å². The third kappa shape index (κ3) is 4.55. The number of para-hydroxylation sites is 2. The van der Waals surface area contributed by atoms with Crippen molar-refractivity contribution in [2.24, 2.45) is 0 Å². The van der Waals surface area contributed by atoms with Gasteiger partial charge in [0.1, 0.15) is 0 Å². The normalized spacial score (nSPS) is 24.2. The molecule has 1 aromatic rings. The molecule has 3 saturated heterocycles. The summed E-state index contributed by atoms with van der Waals surface area (Å²) in [5.41, 5.74) is 2.11. The second-order valence-electron chi connectivity index (χ2n) is 7.90. The molecule has 0 spiro atoms. The summed E-state index contributed by atoms with van der Waals surface area (Å²) in [6.07, 6.45) is 5.96. The number of hydrogen-bond donors (Lipinski definition) is 1. The van der Waals surface area contributed by atoms with Crippen molar-refractivity contribution in [1.29, 1.82) is 0 Å². The van der Waals surface area contributed by atoms with Gasteiger partial charge in [-0.3, -0.25) is 4.90 Å². The molecular formula is C21H32N4O2. The Hall–Kier alpha value is -1.79. The molecular weight excluding hydrogens is 340 g/mol. The second-order valence-corrected chi connectivity index (χ2v) is 7.90. The first-order valence-corrected chi connectivity index (χ1v) is 10.5. The highest BCUT2D eigenvalue weighted by Crippen LogP contribution is 2.29. The van der Waals surface area contributed by atoms with E-state index in [0.717, 1.165) is 76.7 Å². The SMILES string of the molecule is O=C(Nc1ccccc1N1CCCCC1)N1CCCC1CN1CCOCC1. The summed E-state index contributed by atoms with van der Waals surface area (Å²) in [6, 6.07) is 8.61. The van der Waals surface area contributed by atoms with Crippen molar-refractivity contribution < 1.29 is 9.53 Å². The number of nitrogens with zero attached hydrogens (tertiary/aromatic N) is 3. The summed E-state index contributed by atoms with van der Waals surface area (Å²) < 4.78 is 5.45.